The molecule has 0 aromatic heterocycles. The summed E-state index contributed by atoms with van der Waals surface area (Å²) in [7, 11) is -2.87. The average Bonchev–Trinajstić information content (AvgIpc) is 2.84. The summed E-state index contributed by atoms with van der Waals surface area (Å²) in [5.74, 6) is -1.19. The molecule has 2 aromatic rings. The lowest BCUT2D eigenvalue weighted by atomic mass is 10.1. The van der Waals surface area contributed by atoms with E-state index in [1.165, 1.54) is 31.1 Å². The number of nitrogens with one attached hydrogen (secondary N) is 1. The third kappa shape index (κ3) is 7.95. The topological polar surface area (TPSA) is 139 Å². The van der Waals surface area contributed by atoms with Gasteiger partial charge in [0.1, 0.15) is 24.0 Å². The zero-order chi connectivity index (χ0) is 28.8. The molecule has 0 aliphatic heterocycles. The summed E-state index contributed by atoms with van der Waals surface area (Å²) >= 11 is 12.3. The van der Waals surface area contributed by atoms with Crippen molar-refractivity contribution in [1.82, 2.24) is 10.2 Å². The van der Waals surface area contributed by atoms with Gasteiger partial charge in [0.2, 0.25) is 21.8 Å². The van der Waals surface area contributed by atoms with Crippen LogP contribution < -0.4 is 14.4 Å². The van der Waals surface area contributed by atoms with Crippen LogP contribution in [0.4, 0.5) is 11.4 Å². The van der Waals surface area contributed by atoms with Crippen molar-refractivity contribution in [1.29, 1.82) is 0 Å². The van der Waals surface area contributed by atoms with Crippen LogP contribution in [0, 0.1) is 10.1 Å². The van der Waals surface area contributed by atoms with Gasteiger partial charge in [-0.25, -0.2) is 8.42 Å². The van der Waals surface area contributed by atoms with E-state index >= 15 is 0 Å². The van der Waals surface area contributed by atoms with Crippen molar-refractivity contribution in [2.75, 3.05) is 24.2 Å². The van der Waals surface area contributed by atoms with E-state index in [1.54, 1.807) is 12.1 Å². The predicted octanol–water partition coefficient (Wildman–Crippen LogP) is 4.01. The van der Waals surface area contributed by atoms with Gasteiger partial charge in [0, 0.05) is 34.8 Å². The van der Waals surface area contributed by atoms with Crippen LogP contribution >= 0.6 is 23.2 Å². The van der Waals surface area contributed by atoms with Gasteiger partial charge in [-0.3, -0.25) is 24.0 Å². The molecule has 0 bridgehead atoms. The molecule has 2 aromatic carbocycles. The van der Waals surface area contributed by atoms with E-state index in [4.69, 9.17) is 27.9 Å². The molecule has 208 valence electrons. The van der Waals surface area contributed by atoms with Crippen molar-refractivity contribution in [2.45, 2.75) is 45.8 Å². The second-order valence-electron chi connectivity index (χ2n) is 8.63. The zero-order valence-corrected chi connectivity index (χ0v) is 23.9. The van der Waals surface area contributed by atoms with E-state index in [0.717, 1.165) is 18.4 Å². The number of nitro groups is 1. The Hall–Kier alpha value is -3.09. The highest BCUT2D eigenvalue weighted by atomic mass is 35.5. The Bertz CT molecular complexity index is 1310. The monoisotopic (exact) mass is 588 g/mol. The molecule has 0 heterocycles. The number of nitro benzene ring substituents is 1. The van der Waals surface area contributed by atoms with Crippen molar-refractivity contribution in [2.24, 2.45) is 0 Å². The molecule has 0 saturated carbocycles. The van der Waals surface area contributed by atoms with Gasteiger partial charge in [-0.05, 0) is 44.0 Å². The van der Waals surface area contributed by atoms with Crippen LogP contribution in [0.1, 0.15) is 32.8 Å². The number of benzene rings is 2. The van der Waals surface area contributed by atoms with Gasteiger partial charge < -0.3 is 15.0 Å². The minimum Gasteiger partial charge on any atom is -0.495 e. The number of halogens is 2. The fourth-order valence-electron chi connectivity index (χ4n) is 3.46. The van der Waals surface area contributed by atoms with Gasteiger partial charge in [0.25, 0.3) is 5.69 Å². The number of methoxy groups -OCH3 is 1. The largest absolute Gasteiger partial charge is 0.495 e. The number of sulfonamides is 1. The van der Waals surface area contributed by atoms with Gasteiger partial charge in [-0.15, -0.1) is 0 Å². The van der Waals surface area contributed by atoms with Crippen molar-refractivity contribution < 1.29 is 27.7 Å². The summed E-state index contributed by atoms with van der Waals surface area (Å²) in [6, 6.07) is 6.88. The van der Waals surface area contributed by atoms with Crippen LogP contribution in [0.2, 0.25) is 10.0 Å². The smallest absolute Gasteiger partial charge is 0.271 e. The molecule has 1 N–H and O–H groups in total. The Labute approximate surface area is 231 Å². The van der Waals surface area contributed by atoms with E-state index in [-0.39, 0.29) is 29.0 Å². The SMILES string of the molecule is CCC(C)NC(=O)C(C)N(Cc1ccc(Cl)cc1Cl)C(=O)CN(c1cc([N+](=O)[O-])ccc1OC)S(C)(=O)=O. The van der Waals surface area contributed by atoms with Gasteiger partial charge in [0.05, 0.1) is 18.3 Å². The van der Waals surface area contributed by atoms with Crippen LogP contribution in [0.25, 0.3) is 0 Å². The van der Waals surface area contributed by atoms with Gasteiger partial charge in [0.15, 0.2) is 0 Å². The summed E-state index contributed by atoms with van der Waals surface area (Å²) in [5.41, 5.74) is -0.113. The molecule has 14 heteroatoms. The maximum Gasteiger partial charge on any atom is 0.271 e. The average molecular weight is 589 g/mol. The van der Waals surface area contributed by atoms with Crippen LogP contribution in [0.3, 0.4) is 0 Å². The molecule has 2 unspecified atom stereocenters. The molecule has 0 fully saturated rings. The number of hydrogen-bond donors (Lipinski definition) is 1. The normalized spacial score (nSPS) is 12.8. The Morgan fingerprint density at radius 1 is 1.16 bits per heavy atom. The van der Waals surface area contributed by atoms with Crippen LogP contribution in [-0.2, 0) is 26.2 Å². The molecule has 0 radical (unpaired) electrons. The highest BCUT2D eigenvalue weighted by molar-refractivity contribution is 7.92. The number of rotatable bonds is 12. The van der Waals surface area contributed by atoms with E-state index in [0.29, 0.717) is 21.3 Å². The lowest BCUT2D eigenvalue weighted by molar-refractivity contribution is -0.384. The molecule has 0 aliphatic rings. The number of carbonyl (C=O) groups is 2. The summed E-state index contributed by atoms with van der Waals surface area (Å²) in [5, 5.41) is 14.8. The molecule has 2 amide bonds. The number of ether oxygens (including phenoxy) is 1. The molecule has 38 heavy (non-hydrogen) atoms. The molecule has 0 saturated heterocycles. The van der Waals surface area contributed by atoms with Gasteiger partial charge in [-0.2, -0.15) is 0 Å². The number of hydrogen-bond acceptors (Lipinski definition) is 7. The first-order valence-corrected chi connectivity index (χ1v) is 14.1. The molecule has 0 spiro atoms. The Kier molecular flexibility index (Phi) is 10.7. The first-order chi connectivity index (χ1) is 17.7. The van der Waals surface area contributed by atoms with Crippen molar-refractivity contribution in [3.8, 4) is 5.75 Å². The van der Waals surface area contributed by atoms with Crippen LogP contribution in [0.15, 0.2) is 36.4 Å². The molecule has 0 aliphatic carbocycles. The number of carbonyl (C=O) groups excluding carboxylic acids is 2. The maximum atomic E-state index is 13.7. The molecule has 2 rings (SSSR count). The number of anilines is 1. The first kappa shape index (κ1) is 31.1. The zero-order valence-electron chi connectivity index (χ0n) is 21.6. The standard InChI is InChI=1S/C24H30Cl2N4O7S/c1-6-15(2)27-24(32)16(3)28(13-17-7-8-18(25)11-20(17)26)23(31)14-29(38(5,35)36)21-12-19(30(33)34)9-10-22(21)37-4/h7-12,15-16H,6,13-14H2,1-5H3,(H,27,32). The van der Waals surface area contributed by atoms with Gasteiger partial charge >= 0.3 is 0 Å². The van der Waals surface area contributed by atoms with E-state index < -0.39 is 45.0 Å². The number of nitrogens with zero attached hydrogens (tertiary/aromatic N) is 3. The summed E-state index contributed by atoms with van der Waals surface area (Å²) < 4.78 is 31.5. The van der Waals surface area contributed by atoms with E-state index in [2.05, 4.69) is 5.32 Å². The quantitative estimate of drug-likeness (QED) is 0.292. The number of amides is 2. The van der Waals surface area contributed by atoms with Crippen molar-refractivity contribution in [3.05, 3.63) is 62.1 Å². The summed E-state index contributed by atoms with van der Waals surface area (Å²) in [4.78, 5) is 38.5. The second-order valence-corrected chi connectivity index (χ2v) is 11.4. The van der Waals surface area contributed by atoms with E-state index in [1.807, 2.05) is 13.8 Å². The lowest BCUT2D eigenvalue weighted by Gasteiger charge is -2.32. The molecule has 11 nitrogen and oxygen atoms in total. The highest BCUT2D eigenvalue weighted by Crippen LogP contribution is 2.34. The molecular formula is C24H30Cl2N4O7S. The fourth-order valence-corrected chi connectivity index (χ4v) is 4.78. The predicted molar refractivity (Wildman–Crippen MR) is 146 cm³/mol. The first-order valence-electron chi connectivity index (χ1n) is 11.5. The Morgan fingerprint density at radius 2 is 1.82 bits per heavy atom. The third-order valence-electron chi connectivity index (χ3n) is 5.85. The minimum absolute atomic E-state index is 0.00341. The number of non-ortho nitro benzene ring substituents is 1. The fraction of sp³-hybridized carbons (Fsp3) is 0.417. The second kappa shape index (κ2) is 13.1. The Morgan fingerprint density at radius 3 is 2.34 bits per heavy atom. The highest BCUT2D eigenvalue weighted by Gasteiger charge is 2.32. The lowest BCUT2D eigenvalue weighted by Crippen LogP contribution is -2.52. The molecular weight excluding hydrogens is 559 g/mol. The van der Waals surface area contributed by atoms with Crippen molar-refractivity contribution in [3.63, 3.8) is 0 Å². The third-order valence-corrected chi connectivity index (χ3v) is 7.56. The van der Waals surface area contributed by atoms with Crippen LogP contribution in [0.5, 0.6) is 5.75 Å². The van der Waals surface area contributed by atoms with Crippen LogP contribution in [-0.4, -0.2) is 62.0 Å². The maximum absolute atomic E-state index is 13.7. The van der Waals surface area contributed by atoms with Gasteiger partial charge in [-0.1, -0.05) is 36.2 Å². The van der Waals surface area contributed by atoms with Crippen molar-refractivity contribution >= 4 is 56.4 Å². The minimum atomic E-state index is -4.14. The Balaban J connectivity index is 2.55. The van der Waals surface area contributed by atoms with E-state index in [9.17, 15) is 28.1 Å². The molecule has 2 atom stereocenters. The summed E-state index contributed by atoms with van der Waals surface area (Å²) in [6.45, 7) is 4.32. The summed E-state index contributed by atoms with van der Waals surface area (Å²) in [6.07, 6.45) is 1.52.